The number of nitrogens with zero attached hydrogens (tertiary/aromatic N) is 8. The second-order valence-electron chi connectivity index (χ2n) is 14.1. The number of carbonyl (C=O) groups is 1. The molecule has 7 aromatic rings. The zero-order valence-corrected chi connectivity index (χ0v) is 31.6. The van der Waals surface area contributed by atoms with Gasteiger partial charge < -0.3 is 55.6 Å². The summed E-state index contributed by atoms with van der Waals surface area (Å²) in [5.74, 6) is 1.14. The number of allylic oxidation sites excluding steroid dienone is 2. The summed E-state index contributed by atoms with van der Waals surface area (Å²) < 4.78 is 0. The van der Waals surface area contributed by atoms with E-state index in [-0.39, 0.29) is 81.2 Å². The number of nitrogens with one attached hydrogen (secondary N) is 1. The predicted octanol–water partition coefficient (Wildman–Crippen LogP) is 6.38. The topological polar surface area (TPSA) is 216 Å². The molecular formula is C43H31FeN9O5. The molecule has 5 N–H and O–H groups in total. The van der Waals surface area contributed by atoms with Gasteiger partial charge in [-0.25, -0.2) is 9.97 Å². The molecule has 0 saturated heterocycles. The van der Waals surface area contributed by atoms with Crippen molar-refractivity contribution in [3.05, 3.63) is 113 Å². The van der Waals surface area contributed by atoms with E-state index in [9.17, 15) is 25.2 Å². The number of aryl methyl sites for hydroxylation is 1. The van der Waals surface area contributed by atoms with Gasteiger partial charge in [-0.1, -0.05) is 24.3 Å². The monoisotopic (exact) mass is 809 g/mol. The summed E-state index contributed by atoms with van der Waals surface area (Å²) in [6.45, 7) is 0.426. The maximum atomic E-state index is 13.9. The van der Waals surface area contributed by atoms with Crippen LogP contribution in [0, 0.1) is 0 Å². The van der Waals surface area contributed by atoms with Crippen LogP contribution < -0.4 is 15.3 Å². The first-order chi connectivity index (χ1) is 27.8. The average molecular weight is 810 g/mol. The second-order valence-corrected chi connectivity index (χ2v) is 14.1. The molecule has 0 atom stereocenters. The number of phenolic OH excluding ortho intramolecular Hbond substituents is 3. The third-order valence-electron chi connectivity index (χ3n) is 10.3. The number of fused-ring (bicyclic) bond motifs is 20. The number of rotatable bonds is 6. The first-order valence-electron chi connectivity index (χ1n) is 18.4. The van der Waals surface area contributed by atoms with E-state index in [1.165, 1.54) is 6.07 Å². The van der Waals surface area contributed by atoms with Crippen LogP contribution >= 0.6 is 0 Å². The summed E-state index contributed by atoms with van der Waals surface area (Å²) >= 11 is 0. The normalized spacial score (nSPS) is 12.6. The number of aliphatic hydroxyl groups is 1. The Kier molecular flexibility index (Phi) is 9.10. The first-order valence-corrected chi connectivity index (χ1v) is 18.4. The number of hydrogen-bond donors (Lipinski definition) is 5. The fourth-order valence-electron chi connectivity index (χ4n) is 7.59. The van der Waals surface area contributed by atoms with Gasteiger partial charge in [0.05, 0.1) is 29.1 Å². The van der Waals surface area contributed by atoms with Crippen LogP contribution in [0.15, 0.2) is 90.7 Å². The molecule has 2 aliphatic heterocycles. The Morgan fingerprint density at radius 2 is 1.29 bits per heavy atom. The van der Waals surface area contributed by atoms with Crippen molar-refractivity contribution in [3.8, 4) is 62.8 Å². The zero-order valence-electron chi connectivity index (χ0n) is 30.5. The second kappa shape index (κ2) is 14.4. The van der Waals surface area contributed by atoms with Gasteiger partial charge in [-0.15, -0.1) is 0 Å². The van der Waals surface area contributed by atoms with E-state index < -0.39 is 0 Å². The molecule has 0 spiro atoms. The van der Waals surface area contributed by atoms with Crippen LogP contribution in [0.3, 0.4) is 0 Å². The Morgan fingerprint density at radius 3 is 2.16 bits per heavy atom. The van der Waals surface area contributed by atoms with Crippen molar-refractivity contribution in [2.24, 2.45) is 0 Å². The first kappa shape index (κ1) is 36.5. The molecule has 0 fully saturated rings. The van der Waals surface area contributed by atoms with Crippen LogP contribution in [0.25, 0.3) is 78.9 Å². The van der Waals surface area contributed by atoms with Gasteiger partial charge >= 0.3 is 17.1 Å². The molecule has 14 nitrogen and oxygen atoms in total. The molecule has 3 aromatic heterocycles. The Morgan fingerprint density at radius 1 is 0.621 bits per heavy atom. The maximum absolute atomic E-state index is 13.9. The van der Waals surface area contributed by atoms with Crippen molar-refractivity contribution in [2.75, 3.05) is 6.54 Å². The van der Waals surface area contributed by atoms with Gasteiger partial charge in [0.25, 0.3) is 5.91 Å². The van der Waals surface area contributed by atoms with Gasteiger partial charge in [-0.3, -0.25) is 4.79 Å². The maximum Gasteiger partial charge on any atom is 2.00 e. The molecule has 286 valence electrons. The molecule has 0 radical (unpaired) electrons. The molecular weight excluding hydrogens is 778 g/mol. The van der Waals surface area contributed by atoms with Crippen LogP contribution in [0.1, 0.15) is 39.9 Å². The molecule has 10 rings (SSSR count). The predicted molar refractivity (Wildman–Crippen MR) is 211 cm³/mol. The van der Waals surface area contributed by atoms with E-state index in [1.54, 1.807) is 60.7 Å². The number of amides is 1. The van der Waals surface area contributed by atoms with Crippen LogP contribution in [0.2, 0.25) is 0 Å². The number of aromatic nitrogens is 8. The number of benzene rings is 4. The minimum atomic E-state index is -0.307. The summed E-state index contributed by atoms with van der Waals surface area (Å²) in [5, 5.41) is 45.6. The van der Waals surface area contributed by atoms with E-state index in [2.05, 4.69) is 5.32 Å². The van der Waals surface area contributed by atoms with E-state index in [0.717, 1.165) is 30.4 Å². The fourth-order valence-corrected chi connectivity index (χ4v) is 7.59. The minimum absolute atomic E-state index is 0. The van der Waals surface area contributed by atoms with Gasteiger partial charge in [0, 0.05) is 63.4 Å². The van der Waals surface area contributed by atoms with Crippen molar-refractivity contribution >= 4 is 39.3 Å². The van der Waals surface area contributed by atoms with E-state index >= 15 is 0 Å². The van der Waals surface area contributed by atoms with Gasteiger partial charge in [0.1, 0.15) is 17.2 Å². The molecule has 5 heterocycles. The number of aliphatic hydroxyl groups excluding tert-OH is 1. The number of unbranched alkanes of at least 4 members (excludes halogenated alkanes) is 1. The molecule has 0 unspecified atom stereocenters. The third kappa shape index (κ3) is 6.45. The van der Waals surface area contributed by atoms with Gasteiger partial charge in [-0.2, -0.15) is 0 Å². The van der Waals surface area contributed by atoms with Gasteiger partial charge in [-0.05, 0) is 114 Å². The number of hydrogen-bond acceptors (Lipinski definition) is 11. The van der Waals surface area contributed by atoms with Crippen LogP contribution in [0.4, 0.5) is 0 Å². The number of aromatic hydroxyl groups is 3. The largest absolute Gasteiger partial charge is 2.00 e. The SMILES string of the molecule is O=C(NCCCCc1cccc(O)c1)c1cccc2c1-c1nc-2nc2[n-]c(nc3nc(nc4[n-]c(n1)c1ccc(O)cc41)-c1cc(O)ccc1-3)c1c2CC=C(O)C1.[Fe+2]. The Balaban J connectivity index is 0.00000436. The molecule has 1 aliphatic carbocycles. The average Bonchev–Trinajstić information content (AvgIpc) is 3.92. The molecule has 4 aromatic carbocycles. The minimum Gasteiger partial charge on any atom is -0.512 e. The van der Waals surface area contributed by atoms with E-state index in [4.69, 9.17) is 39.9 Å². The Hall–Kier alpha value is -7.09. The summed E-state index contributed by atoms with van der Waals surface area (Å²) in [6, 6.07) is 22.1. The van der Waals surface area contributed by atoms with Gasteiger partial charge in [0.15, 0.2) is 0 Å². The van der Waals surface area contributed by atoms with Crippen molar-refractivity contribution in [1.82, 2.24) is 45.2 Å². The smallest absolute Gasteiger partial charge is 0.512 e. The van der Waals surface area contributed by atoms with Crippen molar-refractivity contribution in [3.63, 3.8) is 0 Å². The molecule has 15 heteroatoms. The third-order valence-corrected chi connectivity index (χ3v) is 10.3. The van der Waals surface area contributed by atoms with Crippen molar-refractivity contribution in [1.29, 1.82) is 0 Å². The summed E-state index contributed by atoms with van der Waals surface area (Å²) in [5.41, 5.74) is 6.17. The molecule has 0 saturated carbocycles. The Bertz CT molecular complexity index is 3050. The fraction of sp³-hybridized carbons (Fsp3) is 0.140. The molecule has 8 bridgehead atoms. The van der Waals surface area contributed by atoms with E-state index in [0.29, 0.717) is 74.2 Å². The molecule has 1 amide bonds. The zero-order chi connectivity index (χ0) is 38.8. The standard InChI is InChI=1S/C43H32N9O5.Fe/c53-22-7-3-6-21(17-22)5-1-2-16-44-43(57)30-9-4-8-29-34(30)42-51-37-28-15-12-25(56)20-33(28)41(49-37)50-40-32-19-24(55)11-14-27(32)36(48-40)47-39-31-18-23(54)10-13-26(31)35(46-39)45-38(29)52-42;/h3-4,6-12,14-15,17,19-20H,1-2,5,13,16,18H2,(H6-,44,45,46,47,48,49,50,51,52,53,54,55,56,57);/q-1;+2/p-1. The van der Waals surface area contributed by atoms with Crippen LogP contribution in [-0.4, -0.2) is 62.8 Å². The van der Waals surface area contributed by atoms with Gasteiger partial charge in [0.2, 0.25) is 0 Å². The number of carbonyl (C=O) groups excluding carboxylic acids is 1. The van der Waals surface area contributed by atoms with Crippen LogP contribution in [0.5, 0.6) is 17.2 Å². The quantitative estimate of drug-likeness (QED) is 0.0912. The molecule has 58 heavy (non-hydrogen) atoms. The van der Waals surface area contributed by atoms with Crippen LogP contribution in [-0.2, 0) is 36.3 Å². The molecule has 3 aliphatic rings. The summed E-state index contributed by atoms with van der Waals surface area (Å²) in [4.78, 5) is 52.9. The van der Waals surface area contributed by atoms with Crippen molar-refractivity contribution < 1.29 is 42.3 Å². The number of phenols is 3. The summed E-state index contributed by atoms with van der Waals surface area (Å²) in [6.07, 6.45) is 4.56. The Labute approximate surface area is 340 Å². The van der Waals surface area contributed by atoms with Crippen molar-refractivity contribution in [2.45, 2.75) is 32.1 Å². The summed E-state index contributed by atoms with van der Waals surface area (Å²) in [7, 11) is 0. The van der Waals surface area contributed by atoms with E-state index in [1.807, 2.05) is 18.2 Å².